The number of nitrogens with zero attached hydrogens (tertiary/aromatic N) is 2. The molecule has 6 nitrogen and oxygen atoms in total. The van der Waals surface area contributed by atoms with Gasteiger partial charge in [-0.15, -0.1) is 24.0 Å². The predicted octanol–water partition coefficient (Wildman–Crippen LogP) is 3.05. The van der Waals surface area contributed by atoms with Crippen LogP contribution in [-0.2, 0) is 16.1 Å². The largest absolute Gasteiger partial charge is 0.494 e. The van der Waals surface area contributed by atoms with E-state index in [1.54, 1.807) is 0 Å². The van der Waals surface area contributed by atoms with Gasteiger partial charge in [0.2, 0.25) is 0 Å². The molecule has 7 heteroatoms. The van der Waals surface area contributed by atoms with E-state index in [-0.39, 0.29) is 35.9 Å². The monoisotopic (exact) mass is 475 g/mol. The lowest BCUT2D eigenvalue weighted by Crippen LogP contribution is -2.46. The molecule has 1 aromatic carbocycles. The molecule has 0 bridgehead atoms. The SMILES string of the molecule is CCNC(=NCc1ccccc1OCC)N1CCC(C(=O)OC)CC1.I. The summed E-state index contributed by atoms with van der Waals surface area (Å²) in [5.74, 6) is 1.67. The van der Waals surface area contributed by atoms with Crippen LogP contribution >= 0.6 is 24.0 Å². The zero-order valence-electron chi connectivity index (χ0n) is 15.9. The number of rotatable bonds is 6. The third-order valence-electron chi connectivity index (χ3n) is 4.34. The van der Waals surface area contributed by atoms with Crippen molar-refractivity contribution in [1.82, 2.24) is 10.2 Å². The van der Waals surface area contributed by atoms with Crippen LogP contribution in [0.3, 0.4) is 0 Å². The van der Waals surface area contributed by atoms with Crippen molar-refractivity contribution in [3.63, 3.8) is 0 Å². The van der Waals surface area contributed by atoms with E-state index in [0.29, 0.717) is 13.2 Å². The highest BCUT2D eigenvalue weighted by Gasteiger charge is 2.26. The minimum absolute atomic E-state index is 0. The highest BCUT2D eigenvalue weighted by molar-refractivity contribution is 14.0. The minimum Gasteiger partial charge on any atom is -0.494 e. The van der Waals surface area contributed by atoms with Gasteiger partial charge in [-0.1, -0.05) is 18.2 Å². The van der Waals surface area contributed by atoms with Crippen LogP contribution in [0.15, 0.2) is 29.3 Å². The molecule has 1 heterocycles. The quantitative estimate of drug-likeness (QED) is 0.297. The molecule has 1 saturated heterocycles. The number of ether oxygens (including phenoxy) is 2. The average Bonchev–Trinajstić information content (AvgIpc) is 2.66. The second-order valence-electron chi connectivity index (χ2n) is 6.00. The van der Waals surface area contributed by atoms with E-state index in [2.05, 4.69) is 17.1 Å². The number of halogens is 1. The molecule has 1 N–H and O–H groups in total. The molecule has 146 valence electrons. The number of para-hydroxylation sites is 1. The van der Waals surface area contributed by atoms with Crippen molar-refractivity contribution >= 4 is 35.9 Å². The molecule has 0 spiro atoms. The fourth-order valence-electron chi connectivity index (χ4n) is 3.01. The molecule has 0 saturated carbocycles. The van der Waals surface area contributed by atoms with E-state index < -0.39 is 0 Å². The Hall–Kier alpha value is -1.51. The zero-order valence-corrected chi connectivity index (χ0v) is 18.2. The number of likely N-dealkylation sites (tertiary alicyclic amines) is 1. The van der Waals surface area contributed by atoms with Crippen LogP contribution in [0.25, 0.3) is 0 Å². The molecular formula is C19H30IN3O3. The number of nitrogens with one attached hydrogen (secondary N) is 1. The molecule has 0 amide bonds. The Morgan fingerprint density at radius 1 is 1.27 bits per heavy atom. The second kappa shape index (κ2) is 12.0. The fourth-order valence-corrected chi connectivity index (χ4v) is 3.01. The van der Waals surface area contributed by atoms with E-state index in [9.17, 15) is 4.79 Å². The first-order chi connectivity index (χ1) is 12.2. The van der Waals surface area contributed by atoms with Gasteiger partial charge in [-0.05, 0) is 32.8 Å². The summed E-state index contributed by atoms with van der Waals surface area (Å²) in [6.07, 6.45) is 1.60. The van der Waals surface area contributed by atoms with Crippen LogP contribution in [0.5, 0.6) is 5.75 Å². The van der Waals surface area contributed by atoms with Crippen LogP contribution in [-0.4, -0.2) is 50.2 Å². The van der Waals surface area contributed by atoms with Crippen LogP contribution in [0.4, 0.5) is 0 Å². The number of esters is 1. The number of carbonyl (C=O) groups is 1. The Balaban J connectivity index is 0.00000338. The number of benzene rings is 1. The van der Waals surface area contributed by atoms with Gasteiger partial charge in [-0.3, -0.25) is 4.79 Å². The molecule has 0 aliphatic carbocycles. The van der Waals surface area contributed by atoms with Crippen LogP contribution in [0, 0.1) is 5.92 Å². The van der Waals surface area contributed by atoms with Crippen molar-refractivity contribution in [2.24, 2.45) is 10.9 Å². The lowest BCUT2D eigenvalue weighted by Gasteiger charge is -2.33. The van der Waals surface area contributed by atoms with Crippen LogP contribution < -0.4 is 10.1 Å². The topological polar surface area (TPSA) is 63.2 Å². The molecule has 1 aliphatic rings. The van der Waals surface area contributed by atoms with Crippen molar-refractivity contribution in [3.05, 3.63) is 29.8 Å². The third-order valence-corrected chi connectivity index (χ3v) is 4.34. The lowest BCUT2D eigenvalue weighted by atomic mass is 9.97. The van der Waals surface area contributed by atoms with Gasteiger partial charge in [-0.25, -0.2) is 4.99 Å². The summed E-state index contributed by atoms with van der Waals surface area (Å²) in [6, 6.07) is 7.99. The molecule has 0 aromatic heterocycles. The standard InChI is InChI=1S/C19H29N3O3.HI/c1-4-20-19(22-12-10-15(11-13-22)18(23)24-3)21-14-16-8-6-7-9-17(16)25-5-2;/h6-9,15H,4-5,10-14H2,1-3H3,(H,20,21);1H. The van der Waals surface area contributed by atoms with Gasteiger partial charge in [0.05, 0.1) is 26.2 Å². The molecule has 0 radical (unpaired) electrons. The van der Waals surface area contributed by atoms with E-state index in [0.717, 1.165) is 49.7 Å². The number of hydrogen-bond donors (Lipinski definition) is 1. The second-order valence-corrected chi connectivity index (χ2v) is 6.00. The maximum atomic E-state index is 11.7. The van der Waals surface area contributed by atoms with Gasteiger partial charge in [-0.2, -0.15) is 0 Å². The number of aliphatic imine (C=N–C) groups is 1. The average molecular weight is 475 g/mol. The van der Waals surface area contributed by atoms with Crippen LogP contribution in [0.2, 0.25) is 0 Å². The lowest BCUT2D eigenvalue weighted by molar-refractivity contribution is -0.146. The van der Waals surface area contributed by atoms with Gasteiger partial charge in [0, 0.05) is 25.2 Å². The fraction of sp³-hybridized carbons (Fsp3) is 0.579. The highest BCUT2D eigenvalue weighted by atomic mass is 127. The maximum Gasteiger partial charge on any atom is 0.308 e. The molecule has 2 rings (SSSR count). The minimum atomic E-state index is -0.104. The van der Waals surface area contributed by atoms with Crippen molar-refractivity contribution in [1.29, 1.82) is 0 Å². The van der Waals surface area contributed by atoms with Gasteiger partial charge in [0.25, 0.3) is 0 Å². The Morgan fingerprint density at radius 2 is 1.96 bits per heavy atom. The van der Waals surface area contributed by atoms with Crippen molar-refractivity contribution in [3.8, 4) is 5.75 Å². The molecule has 0 atom stereocenters. The molecular weight excluding hydrogens is 445 g/mol. The Labute approximate surface area is 173 Å². The first-order valence-corrected chi connectivity index (χ1v) is 9.01. The van der Waals surface area contributed by atoms with Gasteiger partial charge in [0.15, 0.2) is 5.96 Å². The Morgan fingerprint density at radius 3 is 2.58 bits per heavy atom. The number of carbonyl (C=O) groups excluding carboxylic acids is 1. The molecule has 26 heavy (non-hydrogen) atoms. The van der Waals surface area contributed by atoms with E-state index in [1.807, 2.05) is 31.2 Å². The Bertz CT molecular complexity index is 587. The molecule has 1 aliphatic heterocycles. The zero-order chi connectivity index (χ0) is 18.1. The van der Waals surface area contributed by atoms with E-state index in [1.165, 1.54) is 7.11 Å². The van der Waals surface area contributed by atoms with E-state index >= 15 is 0 Å². The molecule has 1 fully saturated rings. The summed E-state index contributed by atoms with van der Waals surface area (Å²) in [5, 5.41) is 3.35. The number of guanidine groups is 1. The van der Waals surface area contributed by atoms with Gasteiger partial charge < -0.3 is 19.7 Å². The normalized spacial score (nSPS) is 15.2. The van der Waals surface area contributed by atoms with Gasteiger partial charge in [0.1, 0.15) is 5.75 Å². The predicted molar refractivity (Wildman–Crippen MR) is 114 cm³/mol. The number of hydrogen-bond acceptors (Lipinski definition) is 4. The van der Waals surface area contributed by atoms with Crippen molar-refractivity contribution < 1.29 is 14.3 Å². The summed E-state index contributed by atoms with van der Waals surface area (Å²) in [4.78, 5) is 18.7. The van der Waals surface area contributed by atoms with Gasteiger partial charge >= 0.3 is 5.97 Å². The first-order valence-electron chi connectivity index (χ1n) is 9.01. The summed E-state index contributed by atoms with van der Waals surface area (Å²) in [5.41, 5.74) is 1.07. The maximum absolute atomic E-state index is 11.7. The van der Waals surface area contributed by atoms with Crippen molar-refractivity contribution in [2.45, 2.75) is 33.2 Å². The first kappa shape index (κ1) is 22.5. The van der Waals surface area contributed by atoms with Crippen LogP contribution in [0.1, 0.15) is 32.3 Å². The smallest absolute Gasteiger partial charge is 0.308 e. The summed E-state index contributed by atoms with van der Waals surface area (Å²) in [6.45, 7) is 7.66. The Kier molecular flexibility index (Phi) is 10.4. The summed E-state index contributed by atoms with van der Waals surface area (Å²) in [7, 11) is 1.45. The highest BCUT2D eigenvalue weighted by Crippen LogP contribution is 2.21. The van der Waals surface area contributed by atoms with Crippen molar-refractivity contribution in [2.75, 3.05) is 33.4 Å². The molecule has 0 unspecified atom stereocenters. The number of methoxy groups -OCH3 is 1. The number of piperidine rings is 1. The summed E-state index contributed by atoms with van der Waals surface area (Å²) < 4.78 is 10.5. The third kappa shape index (κ3) is 6.34. The summed E-state index contributed by atoms with van der Waals surface area (Å²) >= 11 is 0. The van der Waals surface area contributed by atoms with E-state index in [4.69, 9.17) is 14.5 Å². The molecule has 1 aromatic rings.